The van der Waals surface area contributed by atoms with E-state index in [2.05, 4.69) is 10.3 Å². The van der Waals surface area contributed by atoms with Crippen LogP contribution in [0.5, 0.6) is 0 Å². The molecule has 0 amide bonds. The van der Waals surface area contributed by atoms with Crippen LogP contribution in [-0.4, -0.2) is 16.4 Å². The monoisotopic (exact) mass is 195 g/mol. The molecule has 1 aliphatic rings. The van der Waals surface area contributed by atoms with Gasteiger partial charge in [-0.3, -0.25) is 0 Å². The number of nitrogens with zero attached hydrogens (tertiary/aromatic N) is 3. The highest BCUT2D eigenvalue weighted by molar-refractivity contribution is 5.03. The molecule has 2 heterocycles. The molecule has 14 heavy (non-hydrogen) atoms. The predicted molar refractivity (Wildman–Crippen MR) is 50.6 cm³/mol. The molecule has 5 nitrogen and oxygen atoms in total. The zero-order chi connectivity index (χ0) is 9.80. The van der Waals surface area contributed by atoms with Crippen molar-refractivity contribution < 1.29 is 4.74 Å². The minimum atomic E-state index is 0.0455. The molecule has 1 aliphatic heterocycles. The Kier molecular flexibility index (Phi) is 2.88. The lowest BCUT2D eigenvalue weighted by atomic mass is 10.2. The van der Waals surface area contributed by atoms with Crippen LogP contribution >= 0.6 is 0 Å². The summed E-state index contributed by atoms with van der Waals surface area (Å²) in [5.41, 5.74) is 0.842. The number of hydrogen-bond donors (Lipinski definition) is 0. The van der Waals surface area contributed by atoms with Gasteiger partial charge in [-0.2, -0.15) is 10.0 Å². The van der Waals surface area contributed by atoms with E-state index in [-0.39, 0.29) is 12.8 Å². The Morgan fingerprint density at radius 1 is 1.64 bits per heavy atom. The summed E-state index contributed by atoms with van der Waals surface area (Å²) < 4.78 is 7.32. The standard InChI is InChI=1S/C9H13N3O2/c13-11-6-8-5-10-12(7-8)9-3-1-2-4-14-9/h5,7,9H,1-4,6H2. The Labute approximate surface area is 82.0 Å². The highest BCUT2D eigenvalue weighted by atomic mass is 16.5. The molecule has 1 saturated heterocycles. The van der Waals surface area contributed by atoms with E-state index in [9.17, 15) is 4.91 Å². The van der Waals surface area contributed by atoms with Crippen molar-refractivity contribution in [3.63, 3.8) is 0 Å². The van der Waals surface area contributed by atoms with E-state index < -0.39 is 0 Å². The molecule has 1 fully saturated rings. The van der Waals surface area contributed by atoms with Gasteiger partial charge in [0.2, 0.25) is 0 Å². The zero-order valence-corrected chi connectivity index (χ0v) is 7.93. The Hall–Kier alpha value is -1.23. The Bertz CT molecular complexity index is 305. The highest BCUT2D eigenvalue weighted by Crippen LogP contribution is 2.21. The van der Waals surface area contributed by atoms with Crippen molar-refractivity contribution in [2.24, 2.45) is 5.18 Å². The summed E-state index contributed by atoms with van der Waals surface area (Å²) in [5.74, 6) is 0. The van der Waals surface area contributed by atoms with Crippen LogP contribution < -0.4 is 0 Å². The van der Waals surface area contributed by atoms with Crippen molar-refractivity contribution in [1.29, 1.82) is 0 Å². The van der Waals surface area contributed by atoms with Crippen LogP contribution in [0.4, 0.5) is 0 Å². The van der Waals surface area contributed by atoms with Crippen LogP contribution in [0.15, 0.2) is 17.6 Å². The second-order valence-corrected chi connectivity index (χ2v) is 3.44. The van der Waals surface area contributed by atoms with Gasteiger partial charge < -0.3 is 4.74 Å². The maximum absolute atomic E-state index is 10.0. The van der Waals surface area contributed by atoms with Crippen LogP contribution in [0.2, 0.25) is 0 Å². The molecule has 0 aliphatic carbocycles. The average molecular weight is 195 g/mol. The Morgan fingerprint density at radius 3 is 3.29 bits per heavy atom. The molecule has 1 aromatic rings. The third-order valence-electron chi connectivity index (χ3n) is 2.35. The maximum Gasteiger partial charge on any atom is 0.150 e. The third kappa shape index (κ3) is 1.98. The molecular weight excluding hydrogens is 182 g/mol. The number of rotatable bonds is 3. The van der Waals surface area contributed by atoms with Gasteiger partial charge >= 0.3 is 0 Å². The van der Waals surface area contributed by atoms with Gasteiger partial charge in [0.1, 0.15) is 12.8 Å². The summed E-state index contributed by atoms with van der Waals surface area (Å²) in [7, 11) is 0. The number of hydrogen-bond acceptors (Lipinski definition) is 4. The highest BCUT2D eigenvalue weighted by Gasteiger charge is 2.16. The van der Waals surface area contributed by atoms with E-state index in [0.717, 1.165) is 25.0 Å². The smallest absolute Gasteiger partial charge is 0.150 e. The largest absolute Gasteiger partial charge is 0.357 e. The first-order valence-electron chi connectivity index (χ1n) is 4.84. The van der Waals surface area contributed by atoms with Gasteiger partial charge in [-0.25, -0.2) is 4.68 Å². The fourth-order valence-corrected chi connectivity index (χ4v) is 1.62. The maximum atomic E-state index is 10.0. The average Bonchev–Trinajstić information content (AvgIpc) is 2.68. The lowest BCUT2D eigenvalue weighted by molar-refractivity contribution is -0.0395. The summed E-state index contributed by atoms with van der Waals surface area (Å²) >= 11 is 0. The molecular formula is C9H13N3O2. The van der Waals surface area contributed by atoms with Gasteiger partial charge in [0.25, 0.3) is 0 Å². The van der Waals surface area contributed by atoms with Gasteiger partial charge in [-0.15, -0.1) is 0 Å². The molecule has 1 aromatic heterocycles. The normalized spacial score (nSPS) is 22.1. The molecule has 2 rings (SSSR count). The van der Waals surface area contributed by atoms with Gasteiger partial charge in [-0.05, 0) is 19.3 Å². The van der Waals surface area contributed by atoms with Gasteiger partial charge in [-0.1, -0.05) is 5.18 Å². The fourth-order valence-electron chi connectivity index (χ4n) is 1.62. The Morgan fingerprint density at radius 2 is 2.57 bits per heavy atom. The van der Waals surface area contributed by atoms with Crippen molar-refractivity contribution >= 4 is 0 Å². The molecule has 0 saturated carbocycles. The zero-order valence-electron chi connectivity index (χ0n) is 7.93. The minimum absolute atomic E-state index is 0.0455. The summed E-state index contributed by atoms with van der Waals surface area (Å²) in [6.07, 6.45) is 6.84. The SMILES string of the molecule is O=NCc1cnn(C2CCCCO2)c1. The quantitative estimate of drug-likeness (QED) is 0.691. The molecule has 0 aromatic carbocycles. The number of nitroso groups, excluding NO2 is 1. The molecule has 1 atom stereocenters. The van der Waals surface area contributed by atoms with E-state index in [1.54, 1.807) is 10.9 Å². The molecule has 0 N–H and O–H groups in total. The van der Waals surface area contributed by atoms with Gasteiger partial charge in [0.05, 0.1) is 6.20 Å². The number of ether oxygens (including phenoxy) is 1. The summed E-state index contributed by atoms with van der Waals surface area (Å²) in [6, 6.07) is 0. The predicted octanol–water partition coefficient (Wildman–Crippen LogP) is 1.85. The van der Waals surface area contributed by atoms with E-state index in [4.69, 9.17) is 4.74 Å². The summed E-state index contributed by atoms with van der Waals surface area (Å²) in [4.78, 5) is 10.0. The number of aromatic nitrogens is 2. The second kappa shape index (κ2) is 4.32. The molecule has 5 heteroatoms. The molecule has 0 bridgehead atoms. The summed E-state index contributed by atoms with van der Waals surface area (Å²) in [5, 5.41) is 6.97. The van der Waals surface area contributed by atoms with Gasteiger partial charge in [0, 0.05) is 18.4 Å². The summed E-state index contributed by atoms with van der Waals surface area (Å²) in [6.45, 7) is 0.985. The lowest BCUT2D eigenvalue weighted by Gasteiger charge is -2.22. The van der Waals surface area contributed by atoms with E-state index in [1.165, 1.54) is 6.42 Å². The van der Waals surface area contributed by atoms with E-state index in [1.807, 2.05) is 6.20 Å². The van der Waals surface area contributed by atoms with Gasteiger partial charge in [0.15, 0.2) is 0 Å². The lowest BCUT2D eigenvalue weighted by Crippen LogP contribution is -2.18. The van der Waals surface area contributed by atoms with Crippen molar-refractivity contribution in [1.82, 2.24) is 9.78 Å². The molecule has 0 radical (unpaired) electrons. The second-order valence-electron chi connectivity index (χ2n) is 3.44. The first kappa shape index (κ1) is 9.33. The first-order valence-corrected chi connectivity index (χ1v) is 4.84. The van der Waals surface area contributed by atoms with Crippen LogP contribution in [0.3, 0.4) is 0 Å². The molecule has 0 spiro atoms. The van der Waals surface area contributed by atoms with Crippen LogP contribution in [-0.2, 0) is 11.3 Å². The minimum Gasteiger partial charge on any atom is -0.357 e. The first-order chi connectivity index (χ1) is 6.90. The van der Waals surface area contributed by atoms with Crippen molar-refractivity contribution in [3.8, 4) is 0 Å². The Balaban J connectivity index is 2.03. The van der Waals surface area contributed by atoms with Crippen molar-refractivity contribution in [3.05, 3.63) is 22.9 Å². The molecule has 76 valence electrons. The van der Waals surface area contributed by atoms with Crippen LogP contribution in [0.25, 0.3) is 0 Å². The third-order valence-corrected chi connectivity index (χ3v) is 2.35. The van der Waals surface area contributed by atoms with E-state index in [0.29, 0.717) is 0 Å². The van der Waals surface area contributed by atoms with Crippen molar-refractivity contribution in [2.45, 2.75) is 32.0 Å². The molecule has 1 unspecified atom stereocenters. The van der Waals surface area contributed by atoms with Crippen LogP contribution in [0.1, 0.15) is 31.1 Å². The van der Waals surface area contributed by atoms with Crippen LogP contribution in [0, 0.1) is 4.91 Å². The topological polar surface area (TPSA) is 56.5 Å². The van der Waals surface area contributed by atoms with E-state index >= 15 is 0 Å². The fraction of sp³-hybridized carbons (Fsp3) is 0.667. The van der Waals surface area contributed by atoms with Crippen molar-refractivity contribution in [2.75, 3.05) is 6.61 Å².